The third-order valence-corrected chi connectivity index (χ3v) is 3.86. The highest BCUT2D eigenvalue weighted by atomic mass is 35.5. The molecule has 0 radical (unpaired) electrons. The molecule has 2 rings (SSSR count). The van der Waals surface area contributed by atoms with E-state index >= 15 is 0 Å². The maximum absolute atomic E-state index is 12.2. The molecule has 0 aromatic heterocycles. The lowest BCUT2D eigenvalue weighted by Crippen LogP contribution is -2.36. The monoisotopic (exact) mass is 317 g/mol. The van der Waals surface area contributed by atoms with Crippen LogP contribution in [0.1, 0.15) is 23.4 Å². The van der Waals surface area contributed by atoms with Crippen molar-refractivity contribution in [3.63, 3.8) is 0 Å². The van der Waals surface area contributed by atoms with Crippen molar-refractivity contribution in [2.75, 3.05) is 7.11 Å². The molecule has 0 aliphatic rings. The second-order valence-corrected chi connectivity index (χ2v) is 5.67. The lowest BCUT2D eigenvalue weighted by atomic mass is 10.1. The Balaban J connectivity index is 1.92. The average molecular weight is 318 g/mol. The molecule has 1 amide bonds. The molecule has 0 aliphatic carbocycles. The van der Waals surface area contributed by atoms with Crippen LogP contribution in [0.3, 0.4) is 0 Å². The Bertz CT molecular complexity index is 598. The van der Waals surface area contributed by atoms with Gasteiger partial charge < -0.3 is 10.1 Å². The fourth-order valence-corrected chi connectivity index (χ4v) is 2.47. The topological polar surface area (TPSA) is 38.3 Å². The Labute approximate surface area is 136 Å². The van der Waals surface area contributed by atoms with Crippen LogP contribution in [0.2, 0.25) is 0 Å². The van der Waals surface area contributed by atoms with E-state index in [1.807, 2.05) is 37.3 Å². The number of methoxy groups -OCH3 is 1. The van der Waals surface area contributed by atoms with Crippen LogP contribution in [-0.2, 0) is 11.2 Å². The molecule has 2 aromatic carbocycles. The first kappa shape index (κ1) is 16.4. The summed E-state index contributed by atoms with van der Waals surface area (Å²) in [5, 5.41) is 2.25. The van der Waals surface area contributed by atoms with E-state index in [4.69, 9.17) is 16.3 Å². The smallest absolute Gasteiger partial charge is 0.242 e. The maximum Gasteiger partial charge on any atom is 0.242 e. The Hall–Kier alpha value is -2.00. The quantitative estimate of drug-likeness (QED) is 0.825. The van der Waals surface area contributed by atoms with E-state index in [1.54, 1.807) is 31.4 Å². The number of alkyl halides is 1. The minimum absolute atomic E-state index is 0.0226. The molecule has 116 valence electrons. The lowest BCUT2D eigenvalue weighted by molar-refractivity contribution is -0.121. The normalized spacial score (nSPS) is 13.2. The van der Waals surface area contributed by atoms with Crippen LogP contribution in [0.15, 0.2) is 54.6 Å². The zero-order chi connectivity index (χ0) is 15.9. The van der Waals surface area contributed by atoms with Gasteiger partial charge in [0, 0.05) is 6.04 Å². The summed E-state index contributed by atoms with van der Waals surface area (Å²) in [6.45, 7) is 1.97. The van der Waals surface area contributed by atoms with Gasteiger partial charge in [-0.15, -0.1) is 11.6 Å². The van der Waals surface area contributed by atoms with Gasteiger partial charge >= 0.3 is 0 Å². The number of benzene rings is 2. The molecule has 3 nitrogen and oxygen atoms in total. The van der Waals surface area contributed by atoms with Gasteiger partial charge in [-0.05, 0) is 36.6 Å². The van der Waals surface area contributed by atoms with Gasteiger partial charge in [-0.3, -0.25) is 4.79 Å². The average Bonchev–Trinajstić information content (AvgIpc) is 2.55. The van der Waals surface area contributed by atoms with Crippen LogP contribution in [0, 0.1) is 0 Å². The van der Waals surface area contributed by atoms with Gasteiger partial charge in [-0.2, -0.15) is 0 Å². The van der Waals surface area contributed by atoms with Crippen molar-refractivity contribution in [1.29, 1.82) is 0 Å². The van der Waals surface area contributed by atoms with E-state index in [0.29, 0.717) is 0 Å². The van der Waals surface area contributed by atoms with Crippen LogP contribution in [0.25, 0.3) is 0 Å². The highest BCUT2D eigenvalue weighted by Gasteiger charge is 2.19. The highest BCUT2D eigenvalue weighted by Crippen LogP contribution is 2.23. The van der Waals surface area contributed by atoms with Gasteiger partial charge in [-0.1, -0.05) is 42.5 Å². The van der Waals surface area contributed by atoms with Crippen molar-refractivity contribution in [3.8, 4) is 5.75 Å². The van der Waals surface area contributed by atoms with Gasteiger partial charge in [0.05, 0.1) is 7.11 Å². The summed E-state index contributed by atoms with van der Waals surface area (Å²) in [5.74, 6) is 0.556. The van der Waals surface area contributed by atoms with Gasteiger partial charge in [0.15, 0.2) is 0 Å². The summed E-state index contributed by atoms with van der Waals surface area (Å²) in [6, 6.07) is 17.3. The number of hydrogen-bond acceptors (Lipinski definition) is 2. The Morgan fingerprint density at radius 1 is 1.14 bits per heavy atom. The summed E-state index contributed by atoms with van der Waals surface area (Å²) in [6.07, 6.45) is 0.777. The Morgan fingerprint density at radius 3 is 2.36 bits per heavy atom. The van der Waals surface area contributed by atoms with E-state index in [1.165, 1.54) is 5.56 Å². The molecular weight excluding hydrogens is 298 g/mol. The second-order valence-electron chi connectivity index (χ2n) is 5.24. The summed E-state index contributed by atoms with van der Waals surface area (Å²) in [5.41, 5.74) is 1.94. The van der Waals surface area contributed by atoms with Gasteiger partial charge in [0.1, 0.15) is 11.1 Å². The molecule has 0 heterocycles. The highest BCUT2D eigenvalue weighted by molar-refractivity contribution is 6.30. The summed E-state index contributed by atoms with van der Waals surface area (Å²) in [4.78, 5) is 12.2. The Morgan fingerprint density at radius 2 is 1.77 bits per heavy atom. The van der Waals surface area contributed by atoms with E-state index in [9.17, 15) is 4.79 Å². The van der Waals surface area contributed by atoms with Crippen molar-refractivity contribution in [2.24, 2.45) is 0 Å². The van der Waals surface area contributed by atoms with E-state index < -0.39 is 5.38 Å². The number of ether oxygens (including phenoxy) is 1. The molecule has 2 unspecified atom stereocenters. The van der Waals surface area contributed by atoms with Crippen molar-refractivity contribution in [1.82, 2.24) is 5.32 Å². The van der Waals surface area contributed by atoms with E-state index in [-0.39, 0.29) is 11.9 Å². The molecule has 0 spiro atoms. The first-order chi connectivity index (χ1) is 10.6. The summed E-state index contributed by atoms with van der Waals surface area (Å²) < 4.78 is 5.10. The number of carbonyl (C=O) groups excluding carboxylic acids is 1. The van der Waals surface area contributed by atoms with Crippen molar-refractivity contribution < 1.29 is 9.53 Å². The van der Waals surface area contributed by atoms with E-state index in [2.05, 4.69) is 5.32 Å². The number of amides is 1. The minimum atomic E-state index is -0.705. The van der Waals surface area contributed by atoms with Gasteiger partial charge in [-0.25, -0.2) is 0 Å². The molecule has 1 N–H and O–H groups in total. The zero-order valence-electron chi connectivity index (χ0n) is 12.8. The van der Waals surface area contributed by atoms with Crippen LogP contribution < -0.4 is 10.1 Å². The largest absolute Gasteiger partial charge is 0.497 e. The number of halogens is 1. The third-order valence-electron chi connectivity index (χ3n) is 3.41. The molecule has 0 fully saturated rings. The fraction of sp³-hybridized carbons (Fsp3) is 0.278. The van der Waals surface area contributed by atoms with Crippen LogP contribution >= 0.6 is 11.6 Å². The third kappa shape index (κ3) is 4.50. The van der Waals surface area contributed by atoms with Gasteiger partial charge in [0.2, 0.25) is 5.91 Å². The van der Waals surface area contributed by atoms with Crippen LogP contribution in [0.4, 0.5) is 0 Å². The molecule has 2 aromatic rings. The maximum atomic E-state index is 12.2. The SMILES string of the molecule is COc1ccc(C(Cl)C(=O)NC(C)Cc2ccccc2)cc1. The first-order valence-electron chi connectivity index (χ1n) is 7.22. The summed E-state index contributed by atoms with van der Waals surface area (Å²) >= 11 is 6.25. The molecule has 22 heavy (non-hydrogen) atoms. The molecule has 2 atom stereocenters. The molecule has 0 aliphatic heterocycles. The molecule has 0 saturated heterocycles. The van der Waals surface area contributed by atoms with Crippen molar-refractivity contribution in [2.45, 2.75) is 24.8 Å². The first-order valence-corrected chi connectivity index (χ1v) is 7.66. The molecule has 0 bridgehead atoms. The van der Waals surface area contributed by atoms with Crippen molar-refractivity contribution in [3.05, 3.63) is 65.7 Å². The predicted octanol–water partition coefficient (Wildman–Crippen LogP) is 3.72. The molecular formula is C18H20ClNO2. The van der Waals surface area contributed by atoms with Gasteiger partial charge in [0.25, 0.3) is 0 Å². The minimum Gasteiger partial charge on any atom is -0.497 e. The fourth-order valence-electron chi connectivity index (χ4n) is 2.26. The lowest BCUT2D eigenvalue weighted by Gasteiger charge is -2.17. The number of nitrogens with one attached hydrogen (secondary N) is 1. The standard InChI is InChI=1S/C18H20ClNO2/c1-13(12-14-6-4-3-5-7-14)20-18(21)17(19)15-8-10-16(22-2)11-9-15/h3-11,13,17H,12H2,1-2H3,(H,20,21). The van der Waals surface area contributed by atoms with E-state index in [0.717, 1.165) is 17.7 Å². The number of hydrogen-bond donors (Lipinski definition) is 1. The van der Waals surface area contributed by atoms with Crippen LogP contribution in [0.5, 0.6) is 5.75 Å². The summed E-state index contributed by atoms with van der Waals surface area (Å²) in [7, 11) is 1.60. The zero-order valence-corrected chi connectivity index (χ0v) is 13.5. The van der Waals surface area contributed by atoms with Crippen LogP contribution in [-0.4, -0.2) is 19.1 Å². The van der Waals surface area contributed by atoms with Crippen molar-refractivity contribution >= 4 is 17.5 Å². The second kappa shape index (κ2) is 7.85. The number of rotatable bonds is 6. The molecule has 4 heteroatoms. The number of carbonyl (C=O) groups is 1. The Kier molecular flexibility index (Phi) is 5.84. The predicted molar refractivity (Wildman–Crippen MR) is 89.3 cm³/mol. The molecule has 0 saturated carbocycles.